The van der Waals surface area contributed by atoms with Crippen LogP contribution in [0, 0.1) is 42.8 Å². The van der Waals surface area contributed by atoms with Crippen LogP contribution in [-0.4, -0.2) is 31.8 Å². The molecule has 248 valence electrons. The number of fused-ring (bicyclic) bond motifs is 1. The molecular formula is C43H26N4O2Pt2+2. The van der Waals surface area contributed by atoms with Crippen LogP contribution >= 0.6 is 0 Å². The van der Waals surface area contributed by atoms with Gasteiger partial charge in [-0.2, -0.15) is 35.7 Å². The summed E-state index contributed by atoms with van der Waals surface area (Å²) in [5.74, 6) is 2.37. The van der Waals surface area contributed by atoms with E-state index in [1.165, 1.54) is 0 Å². The second kappa shape index (κ2) is 17.4. The molecule has 51 heavy (non-hydrogen) atoms. The average Bonchev–Trinajstić information content (AvgIpc) is 3.85. The van der Waals surface area contributed by atoms with Gasteiger partial charge in [-0.15, -0.1) is 53.4 Å². The molecule has 7 aromatic rings. The smallest absolute Gasteiger partial charge is 0.669 e. The maximum atomic E-state index is 6.57. The first-order chi connectivity index (χ1) is 24.1. The third-order valence-corrected chi connectivity index (χ3v) is 7.35. The Bertz CT molecular complexity index is 2410. The quantitative estimate of drug-likeness (QED) is 0.0911. The van der Waals surface area contributed by atoms with Gasteiger partial charge in [-0.05, 0) is 12.1 Å². The summed E-state index contributed by atoms with van der Waals surface area (Å²) in [6, 6.07) is 56.7. The Kier molecular flexibility index (Phi) is 12.5. The zero-order chi connectivity index (χ0) is 33.4. The maximum absolute atomic E-state index is 6.57. The molecule has 0 atom stereocenters. The second-order valence-corrected chi connectivity index (χ2v) is 10.8. The van der Waals surface area contributed by atoms with Gasteiger partial charge in [-0.3, -0.25) is 5.56 Å². The molecule has 0 N–H and O–H groups in total. The molecule has 0 fully saturated rings. The zero-order valence-corrected chi connectivity index (χ0v) is 31.6. The monoisotopic (exact) mass is 1020 g/mol. The third-order valence-electron chi connectivity index (χ3n) is 7.35. The van der Waals surface area contributed by atoms with Gasteiger partial charge in [0.1, 0.15) is 5.69 Å². The molecule has 0 aliphatic carbocycles. The third kappa shape index (κ3) is 9.17. The van der Waals surface area contributed by atoms with Crippen LogP contribution in [-0.2, 0) is 42.1 Å². The molecule has 5 aromatic carbocycles. The van der Waals surface area contributed by atoms with Gasteiger partial charge in [0.05, 0.1) is 0 Å². The summed E-state index contributed by atoms with van der Waals surface area (Å²) in [5, 5.41) is 2.08. The SMILES string of the molecule is C[N+]1=C=[N+](c2[c-]c(Oc3[c-]c(-c4cc(-c5[c-]c(Oc6[c-]cccc6)cc6ccccc56)[c-]cn4)ccc3)ccc2)C=C1.[C-]#Cn1cccc1.[Pt+2].[Pt+4]. The largest absolute Gasteiger partial charge is 4.00 e. The van der Waals surface area contributed by atoms with Crippen molar-refractivity contribution in [1.82, 2.24) is 9.55 Å². The molecule has 0 spiro atoms. The number of benzene rings is 5. The molecule has 3 heterocycles. The standard InChI is InChI=1S/C37H22N3O2.C6H4N.2Pt/c1-39-19-20-40(26-39)30-11-8-15-33(24-30)42-32-14-7-10-29(22-32)37-23-28(17-18-38-37)36-25-34(41-31-12-3-2-4-13-31)21-27-9-5-6-16-35(27)36;1-2-7-5-3-4-6-7;;/h2-12,14-16,18-21,23H,1H3;3-6H;;/q-3;-1;+2;+4. The molecule has 6 nitrogen and oxygen atoms in total. The first-order valence-corrected chi connectivity index (χ1v) is 15.3. The minimum absolute atomic E-state index is 0. The summed E-state index contributed by atoms with van der Waals surface area (Å²) in [7, 11) is 1.92. The molecule has 8 rings (SSSR count). The Balaban J connectivity index is 0.000000503. The Morgan fingerprint density at radius 1 is 0.745 bits per heavy atom. The average molecular weight is 1020 g/mol. The topological polar surface area (TPSA) is 42.3 Å². The molecule has 0 unspecified atom stereocenters. The Morgan fingerprint density at radius 3 is 2.24 bits per heavy atom. The fourth-order valence-corrected chi connectivity index (χ4v) is 5.08. The van der Waals surface area contributed by atoms with Gasteiger partial charge < -0.3 is 25.4 Å². The van der Waals surface area contributed by atoms with Crippen LogP contribution in [0.25, 0.3) is 33.2 Å². The fraction of sp³-hybridized carbons (Fsp3) is 0.0233. The molecule has 0 bridgehead atoms. The summed E-state index contributed by atoms with van der Waals surface area (Å²) >= 11 is 0. The van der Waals surface area contributed by atoms with E-state index in [0.29, 0.717) is 23.0 Å². The van der Waals surface area contributed by atoms with E-state index in [0.717, 1.165) is 38.8 Å². The predicted molar refractivity (Wildman–Crippen MR) is 187 cm³/mol. The minimum atomic E-state index is 0. The van der Waals surface area contributed by atoms with Gasteiger partial charge in [0.2, 0.25) is 6.20 Å². The second-order valence-electron chi connectivity index (χ2n) is 10.8. The summed E-state index contributed by atoms with van der Waals surface area (Å²) in [5.41, 5.74) is 4.07. The van der Waals surface area contributed by atoms with Crippen molar-refractivity contribution in [3.8, 4) is 51.4 Å². The molecular weight excluding hydrogens is 995 g/mol. The molecule has 0 saturated heterocycles. The van der Waals surface area contributed by atoms with Gasteiger partial charge in [0.15, 0.2) is 7.05 Å². The van der Waals surface area contributed by atoms with E-state index in [1.54, 1.807) is 23.2 Å². The number of aromatic nitrogens is 2. The van der Waals surface area contributed by atoms with E-state index in [2.05, 4.69) is 59.5 Å². The fourth-order valence-electron chi connectivity index (χ4n) is 5.08. The van der Waals surface area contributed by atoms with Crippen molar-refractivity contribution in [3.63, 3.8) is 0 Å². The van der Waals surface area contributed by atoms with Crippen molar-refractivity contribution in [2.75, 3.05) is 7.05 Å². The molecule has 1 aliphatic rings. The van der Waals surface area contributed by atoms with Crippen molar-refractivity contribution in [3.05, 3.63) is 177 Å². The molecule has 2 aromatic heterocycles. The van der Waals surface area contributed by atoms with Crippen molar-refractivity contribution in [2.24, 2.45) is 0 Å². The number of nitrogens with zero attached hydrogens (tertiary/aromatic N) is 4. The van der Waals surface area contributed by atoms with Gasteiger partial charge in [0, 0.05) is 35.4 Å². The maximum Gasteiger partial charge on any atom is 4.00 e. The van der Waals surface area contributed by atoms with Crippen LogP contribution in [0.15, 0.2) is 140 Å². The number of pyridine rings is 1. The van der Waals surface area contributed by atoms with E-state index < -0.39 is 0 Å². The van der Waals surface area contributed by atoms with E-state index in [-0.39, 0.29) is 42.1 Å². The number of rotatable bonds is 7. The molecule has 8 heteroatoms. The summed E-state index contributed by atoms with van der Waals surface area (Å²) in [6.07, 6.45) is 15.6. The Morgan fingerprint density at radius 2 is 1.49 bits per heavy atom. The Hall–Kier alpha value is -5.55. The normalized spacial score (nSPS) is 11.1. The van der Waals surface area contributed by atoms with Crippen LogP contribution in [0.2, 0.25) is 0 Å². The molecule has 1 aliphatic heterocycles. The van der Waals surface area contributed by atoms with E-state index >= 15 is 0 Å². The molecule has 0 radical (unpaired) electrons. The van der Waals surface area contributed by atoms with Crippen LogP contribution in [0.1, 0.15) is 0 Å². The predicted octanol–water partition coefficient (Wildman–Crippen LogP) is 8.98. The van der Waals surface area contributed by atoms with Crippen molar-refractivity contribution >= 4 is 22.5 Å². The minimum Gasteiger partial charge on any atom is -0.669 e. The molecule has 0 saturated carbocycles. The molecule has 0 amide bonds. The van der Waals surface area contributed by atoms with Crippen LogP contribution in [0.4, 0.5) is 5.69 Å². The summed E-state index contributed by atoms with van der Waals surface area (Å²) < 4.78 is 17.5. The van der Waals surface area contributed by atoms with Crippen molar-refractivity contribution in [2.45, 2.75) is 0 Å². The number of hydrogen-bond donors (Lipinski definition) is 0. The Labute approximate surface area is 326 Å². The first-order valence-electron chi connectivity index (χ1n) is 15.3. The van der Waals surface area contributed by atoms with Gasteiger partial charge in [-0.25, -0.2) is 23.7 Å². The van der Waals surface area contributed by atoms with E-state index in [4.69, 9.17) is 15.9 Å². The van der Waals surface area contributed by atoms with Crippen LogP contribution in [0.3, 0.4) is 0 Å². The number of para-hydroxylation sites is 1. The van der Waals surface area contributed by atoms with Gasteiger partial charge in [-0.1, -0.05) is 63.5 Å². The van der Waals surface area contributed by atoms with Crippen LogP contribution < -0.4 is 9.47 Å². The number of ether oxygens (including phenoxy) is 2. The summed E-state index contributed by atoms with van der Waals surface area (Å²) in [4.78, 5) is 4.60. The summed E-state index contributed by atoms with van der Waals surface area (Å²) in [6.45, 7) is 0. The van der Waals surface area contributed by atoms with Crippen LogP contribution in [0.5, 0.6) is 23.0 Å². The first kappa shape index (κ1) is 36.7. The van der Waals surface area contributed by atoms with E-state index in [1.807, 2.05) is 126 Å². The zero-order valence-electron chi connectivity index (χ0n) is 27.0. The van der Waals surface area contributed by atoms with Gasteiger partial charge in [0.25, 0.3) is 6.20 Å². The van der Waals surface area contributed by atoms with Crippen molar-refractivity contribution < 1.29 is 60.8 Å². The number of hydrogen-bond acceptors (Lipinski definition) is 3. The van der Waals surface area contributed by atoms with Gasteiger partial charge >= 0.3 is 48.1 Å². The van der Waals surface area contributed by atoms with E-state index in [9.17, 15) is 0 Å². The van der Waals surface area contributed by atoms with Crippen molar-refractivity contribution in [1.29, 1.82) is 0 Å².